The second kappa shape index (κ2) is 10.8. The molecule has 1 fully saturated rings. The number of amides is 2. The van der Waals surface area contributed by atoms with Gasteiger partial charge in [0.05, 0.1) is 0 Å². The maximum Gasteiger partial charge on any atom is 0.251 e. The number of halogens is 2. The molecule has 0 saturated carbocycles. The zero-order valence-corrected chi connectivity index (χ0v) is 17.2. The Balaban J connectivity index is 0.00000338. The number of nitrogens with one attached hydrogen (secondary N) is 2. The van der Waals surface area contributed by atoms with Gasteiger partial charge in [0.2, 0.25) is 5.91 Å². The van der Waals surface area contributed by atoms with Crippen molar-refractivity contribution in [1.29, 1.82) is 0 Å². The first kappa shape index (κ1) is 22.7. The van der Waals surface area contributed by atoms with Crippen LogP contribution in [0.25, 0.3) is 0 Å². The van der Waals surface area contributed by atoms with E-state index in [4.69, 9.17) is 11.6 Å². The van der Waals surface area contributed by atoms with E-state index in [1.807, 2.05) is 11.9 Å². The highest BCUT2D eigenvalue weighted by Gasteiger charge is 2.31. The molecule has 2 unspecified atom stereocenters. The Hall–Kier alpha value is -1.30. The van der Waals surface area contributed by atoms with E-state index in [9.17, 15) is 9.59 Å². The van der Waals surface area contributed by atoms with Gasteiger partial charge in [0.15, 0.2) is 0 Å². The number of rotatable bonds is 7. The van der Waals surface area contributed by atoms with Crippen LogP contribution < -0.4 is 10.6 Å². The molecule has 2 rings (SSSR count). The van der Waals surface area contributed by atoms with Crippen molar-refractivity contribution in [3.05, 3.63) is 34.9 Å². The van der Waals surface area contributed by atoms with Crippen LogP contribution in [0, 0.1) is 11.8 Å². The van der Waals surface area contributed by atoms with Crippen molar-refractivity contribution in [3.8, 4) is 0 Å². The summed E-state index contributed by atoms with van der Waals surface area (Å²) >= 11 is 5.87. The molecule has 0 aliphatic carbocycles. The number of carbonyl (C=O) groups excluding carboxylic acids is 2. The molecular weight excluding hydrogens is 373 g/mol. The lowest BCUT2D eigenvalue weighted by Crippen LogP contribution is -2.48. The van der Waals surface area contributed by atoms with Gasteiger partial charge in [-0.05, 0) is 62.5 Å². The van der Waals surface area contributed by atoms with Gasteiger partial charge in [-0.25, -0.2) is 0 Å². The molecule has 2 atom stereocenters. The number of benzene rings is 1. The monoisotopic (exact) mass is 401 g/mol. The van der Waals surface area contributed by atoms with E-state index in [1.54, 1.807) is 24.3 Å². The molecule has 1 aliphatic heterocycles. The summed E-state index contributed by atoms with van der Waals surface area (Å²) < 4.78 is 0. The molecule has 2 amide bonds. The summed E-state index contributed by atoms with van der Waals surface area (Å²) in [5.74, 6) is 0.590. The van der Waals surface area contributed by atoms with Crippen molar-refractivity contribution in [3.63, 3.8) is 0 Å². The van der Waals surface area contributed by atoms with Crippen molar-refractivity contribution >= 4 is 35.8 Å². The summed E-state index contributed by atoms with van der Waals surface area (Å²) in [6.45, 7) is 6.54. The average molecular weight is 402 g/mol. The zero-order valence-electron chi connectivity index (χ0n) is 15.6. The van der Waals surface area contributed by atoms with E-state index < -0.39 is 6.04 Å². The number of likely N-dealkylation sites (tertiary alicyclic amines) is 1. The van der Waals surface area contributed by atoms with Crippen molar-refractivity contribution in [2.45, 2.75) is 32.7 Å². The number of carbonyl (C=O) groups is 2. The zero-order chi connectivity index (χ0) is 18.4. The second-order valence-electron chi connectivity index (χ2n) is 7.16. The minimum atomic E-state index is -0.489. The molecule has 0 bridgehead atoms. The predicted octanol–water partition coefficient (Wildman–Crippen LogP) is 2.97. The van der Waals surface area contributed by atoms with Gasteiger partial charge in [0, 0.05) is 23.7 Å². The third-order valence-electron chi connectivity index (χ3n) is 4.51. The first-order valence-electron chi connectivity index (χ1n) is 8.90. The highest BCUT2D eigenvalue weighted by Crippen LogP contribution is 2.19. The third kappa shape index (κ3) is 6.45. The second-order valence-corrected chi connectivity index (χ2v) is 7.60. The molecular formula is C19H29Cl2N3O2. The molecule has 1 aromatic rings. The molecule has 2 N–H and O–H groups in total. The first-order chi connectivity index (χ1) is 11.9. The SMILES string of the molecule is CNCC1CCN(C(=O)C(CC(C)C)NC(=O)c2ccc(Cl)cc2)C1.Cl. The fourth-order valence-corrected chi connectivity index (χ4v) is 3.37. The van der Waals surface area contributed by atoms with Crippen LogP contribution in [0.4, 0.5) is 0 Å². The lowest BCUT2D eigenvalue weighted by Gasteiger charge is -2.25. The van der Waals surface area contributed by atoms with Crippen LogP contribution in [0.1, 0.15) is 37.0 Å². The molecule has 26 heavy (non-hydrogen) atoms. The smallest absolute Gasteiger partial charge is 0.251 e. The van der Waals surface area contributed by atoms with Crippen LogP contribution in [0.2, 0.25) is 5.02 Å². The van der Waals surface area contributed by atoms with Gasteiger partial charge in [-0.2, -0.15) is 0 Å². The molecule has 0 aromatic heterocycles. The van der Waals surface area contributed by atoms with E-state index in [0.29, 0.717) is 28.8 Å². The maximum absolute atomic E-state index is 12.9. The van der Waals surface area contributed by atoms with Crippen molar-refractivity contribution in [1.82, 2.24) is 15.5 Å². The molecule has 1 aromatic carbocycles. The van der Waals surface area contributed by atoms with Gasteiger partial charge in [0.25, 0.3) is 5.91 Å². The number of hydrogen-bond acceptors (Lipinski definition) is 3. The van der Waals surface area contributed by atoms with Gasteiger partial charge >= 0.3 is 0 Å². The minimum absolute atomic E-state index is 0. The molecule has 0 spiro atoms. The van der Waals surface area contributed by atoms with E-state index >= 15 is 0 Å². The Morgan fingerprint density at radius 1 is 1.27 bits per heavy atom. The Bertz CT molecular complexity index is 593. The summed E-state index contributed by atoms with van der Waals surface area (Å²) in [4.78, 5) is 27.3. The fourth-order valence-electron chi connectivity index (χ4n) is 3.24. The Kier molecular flexibility index (Phi) is 9.41. The lowest BCUT2D eigenvalue weighted by molar-refractivity contribution is -0.132. The molecule has 146 valence electrons. The minimum Gasteiger partial charge on any atom is -0.341 e. The normalized spacial score (nSPS) is 17.7. The van der Waals surface area contributed by atoms with Crippen LogP contribution in [-0.4, -0.2) is 49.4 Å². The molecule has 0 radical (unpaired) electrons. The number of nitrogens with zero attached hydrogens (tertiary/aromatic N) is 1. The summed E-state index contributed by atoms with van der Waals surface area (Å²) in [5.41, 5.74) is 0.514. The molecule has 1 saturated heterocycles. The molecule has 7 heteroatoms. The van der Waals surface area contributed by atoms with Crippen molar-refractivity contribution in [2.75, 3.05) is 26.7 Å². The predicted molar refractivity (Wildman–Crippen MR) is 108 cm³/mol. The Morgan fingerprint density at radius 2 is 1.92 bits per heavy atom. The fraction of sp³-hybridized carbons (Fsp3) is 0.579. The topological polar surface area (TPSA) is 61.4 Å². The molecule has 5 nitrogen and oxygen atoms in total. The van der Waals surface area contributed by atoms with Gasteiger partial charge in [-0.15, -0.1) is 12.4 Å². The van der Waals surface area contributed by atoms with Gasteiger partial charge < -0.3 is 15.5 Å². The first-order valence-corrected chi connectivity index (χ1v) is 9.28. The van der Waals surface area contributed by atoms with Crippen LogP contribution >= 0.6 is 24.0 Å². The summed E-state index contributed by atoms with van der Waals surface area (Å²) in [7, 11) is 1.93. The van der Waals surface area contributed by atoms with E-state index in [-0.39, 0.29) is 24.2 Å². The van der Waals surface area contributed by atoms with E-state index in [1.165, 1.54) is 0 Å². The van der Waals surface area contributed by atoms with Gasteiger partial charge in [0.1, 0.15) is 6.04 Å². The van der Waals surface area contributed by atoms with Crippen molar-refractivity contribution in [2.24, 2.45) is 11.8 Å². The quantitative estimate of drug-likeness (QED) is 0.737. The highest BCUT2D eigenvalue weighted by molar-refractivity contribution is 6.30. The average Bonchev–Trinajstić information content (AvgIpc) is 3.02. The van der Waals surface area contributed by atoms with Gasteiger partial charge in [-0.1, -0.05) is 25.4 Å². The van der Waals surface area contributed by atoms with Crippen LogP contribution in [0.5, 0.6) is 0 Å². The van der Waals surface area contributed by atoms with Crippen LogP contribution in [-0.2, 0) is 4.79 Å². The standard InChI is InChI=1S/C19H28ClN3O2.ClH/c1-13(2)10-17(19(25)23-9-8-14(12-23)11-21-3)22-18(24)15-4-6-16(20)7-5-15;/h4-7,13-14,17,21H,8-12H2,1-3H3,(H,22,24);1H. The third-order valence-corrected chi connectivity index (χ3v) is 4.76. The molecule has 1 heterocycles. The van der Waals surface area contributed by atoms with E-state index in [2.05, 4.69) is 24.5 Å². The Morgan fingerprint density at radius 3 is 2.50 bits per heavy atom. The molecule has 1 aliphatic rings. The summed E-state index contributed by atoms with van der Waals surface area (Å²) in [6, 6.07) is 6.22. The van der Waals surface area contributed by atoms with Crippen LogP contribution in [0.15, 0.2) is 24.3 Å². The summed E-state index contributed by atoms with van der Waals surface area (Å²) in [5, 5.41) is 6.67. The summed E-state index contributed by atoms with van der Waals surface area (Å²) in [6.07, 6.45) is 1.64. The lowest BCUT2D eigenvalue weighted by atomic mass is 10.0. The largest absolute Gasteiger partial charge is 0.341 e. The Labute approximate surface area is 167 Å². The maximum atomic E-state index is 12.9. The van der Waals surface area contributed by atoms with Crippen LogP contribution in [0.3, 0.4) is 0 Å². The van der Waals surface area contributed by atoms with Gasteiger partial charge in [-0.3, -0.25) is 9.59 Å². The number of hydrogen-bond donors (Lipinski definition) is 2. The van der Waals surface area contributed by atoms with E-state index in [0.717, 1.165) is 26.1 Å². The van der Waals surface area contributed by atoms with Crippen molar-refractivity contribution < 1.29 is 9.59 Å². The highest BCUT2D eigenvalue weighted by atomic mass is 35.5.